The molecule has 0 radical (unpaired) electrons. The number of hydrogen-bond acceptors (Lipinski definition) is 1. The van der Waals surface area contributed by atoms with Crippen LogP contribution in [0.4, 0.5) is 13.2 Å². The van der Waals surface area contributed by atoms with Crippen LogP contribution in [-0.4, -0.2) is 6.36 Å². The highest BCUT2D eigenvalue weighted by Crippen LogP contribution is 2.32. The molecule has 0 spiro atoms. The maximum atomic E-state index is 12.2. The molecule has 94 valence electrons. The summed E-state index contributed by atoms with van der Waals surface area (Å²) in [6.45, 7) is 7.34. The van der Waals surface area contributed by atoms with Crippen molar-refractivity contribution in [2.45, 2.75) is 32.5 Å². The topological polar surface area (TPSA) is 9.23 Å². The lowest BCUT2D eigenvalue weighted by atomic mass is 9.94. The molecule has 1 nitrogen and oxygen atoms in total. The summed E-state index contributed by atoms with van der Waals surface area (Å²) in [5.41, 5.74) is 1.40. The van der Waals surface area contributed by atoms with Crippen LogP contribution in [0.5, 0.6) is 5.75 Å². The largest absolute Gasteiger partial charge is 0.573 e. The Balaban J connectivity index is 3.18. The molecule has 0 heterocycles. The fraction of sp³-hybridized carbons (Fsp3) is 0.385. The van der Waals surface area contributed by atoms with Crippen molar-refractivity contribution in [2.24, 2.45) is 0 Å². The molecule has 0 aliphatic heterocycles. The van der Waals surface area contributed by atoms with Gasteiger partial charge in [-0.2, -0.15) is 0 Å². The van der Waals surface area contributed by atoms with Gasteiger partial charge in [-0.15, -0.1) is 19.8 Å². The Morgan fingerprint density at radius 3 is 2.53 bits per heavy atom. The normalized spacial score (nSPS) is 13.2. The highest BCUT2D eigenvalue weighted by Gasteiger charge is 2.32. The van der Waals surface area contributed by atoms with Crippen LogP contribution in [0.15, 0.2) is 30.9 Å². The molecule has 0 aliphatic carbocycles. The number of ether oxygens (including phenoxy) is 1. The number of hydrogen-bond donors (Lipinski definition) is 0. The second-order valence-corrected chi connectivity index (χ2v) is 3.75. The first-order chi connectivity index (χ1) is 7.89. The first kappa shape index (κ1) is 13.6. The van der Waals surface area contributed by atoms with Crippen LogP contribution in [0.2, 0.25) is 0 Å². The molecule has 1 rings (SSSR count). The number of alkyl halides is 3. The van der Waals surface area contributed by atoms with Crippen LogP contribution in [0, 0.1) is 0 Å². The van der Waals surface area contributed by atoms with E-state index in [1.165, 1.54) is 6.07 Å². The molecule has 1 aromatic rings. The summed E-state index contributed by atoms with van der Waals surface area (Å²) < 4.78 is 40.7. The van der Waals surface area contributed by atoms with Gasteiger partial charge in [0.1, 0.15) is 5.75 Å². The molecule has 17 heavy (non-hydrogen) atoms. The van der Waals surface area contributed by atoms with E-state index in [4.69, 9.17) is 0 Å². The molecule has 0 bridgehead atoms. The maximum absolute atomic E-state index is 12.2. The zero-order valence-corrected chi connectivity index (χ0v) is 9.84. The molecule has 1 aromatic carbocycles. The third kappa shape index (κ3) is 3.51. The van der Waals surface area contributed by atoms with Gasteiger partial charge in [0.05, 0.1) is 0 Å². The molecule has 4 heteroatoms. The SMILES string of the molecule is C=CC(C)c1cccc(OC(F)(F)F)c1CC. The lowest BCUT2D eigenvalue weighted by molar-refractivity contribution is -0.274. The van der Waals surface area contributed by atoms with E-state index in [2.05, 4.69) is 11.3 Å². The average molecular weight is 244 g/mol. The van der Waals surface area contributed by atoms with Crippen LogP contribution < -0.4 is 4.74 Å². The lowest BCUT2D eigenvalue weighted by Gasteiger charge is -2.17. The minimum atomic E-state index is -4.65. The highest BCUT2D eigenvalue weighted by atomic mass is 19.4. The number of allylic oxidation sites excluding steroid dienone is 1. The number of rotatable bonds is 4. The molecular weight excluding hydrogens is 229 g/mol. The lowest BCUT2D eigenvalue weighted by Crippen LogP contribution is -2.18. The van der Waals surface area contributed by atoms with E-state index in [-0.39, 0.29) is 11.7 Å². The predicted octanol–water partition coefficient (Wildman–Crippen LogP) is 4.44. The molecule has 0 amide bonds. The van der Waals surface area contributed by atoms with Crippen molar-refractivity contribution in [3.63, 3.8) is 0 Å². The van der Waals surface area contributed by atoms with Crippen molar-refractivity contribution in [3.05, 3.63) is 42.0 Å². The summed E-state index contributed by atoms with van der Waals surface area (Å²) in [4.78, 5) is 0. The number of halogens is 3. The summed E-state index contributed by atoms with van der Waals surface area (Å²) in [5, 5.41) is 0. The molecule has 0 saturated heterocycles. The quantitative estimate of drug-likeness (QED) is 0.711. The van der Waals surface area contributed by atoms with Crippen LogP contribution in [0.25, 0.3) is 0 Å². The van der Waals surface area contributed by atoms with Crippen molar-refractivity contribution < 1.29 is 17.9 Å². The summed E-state index contributed by atoms with van der Waals surface area (Å²) in [7, 11) is 0. The van der Waals surface area contributed by atoms with Gasteiger partial charge in [0, 0.05) is 0 Å². The number of benzene rings is 1. The van der Waals surface area contributed by atoms with E-state index in [0.29, 0.717) is 12.0 Å². The van der Waals surface area contributed by atoms with Gasteiger partial charge in [-0.05, 0) is 29.5 Å². The van der Waals surface area contributed by atoms with Crippen molar-refractivity contribution in [1.82, 2.24) is 0 Å². The van der Waals surface area contributed by atoms with Gasteiger partial charge in [-0.3, -0.25) is 0 Å². The van der Waals surface area contributed by atoms with Crippen molar-refractivity contribution in [3.8, 4) is 5.75 Å². The van der Waals surface area contributed by atoms with E-state index in [9.17, 15) is 13.2 Å². The van der Waals surface area contributed by atoms with Crippen molar-refractivity contribution in [1.29, 1.82) is 0 Å². The Bertz CT molecular complexity index is 396. The average Bonchev–Trinajstić information content (AvgIpc) is 2.25. The predicted molar refractivity (Wildman–Crippen MR) is 61.1 cm³/mol. The van der Waals surface area contributed by atoms with Crippen molar-refractivity contribution >= 4 is 0 Å². The van der Waals surface area contributed by atoms with Crippen LogP contribution >= 0.6 is 0 Å². The Kier molecular flexibility index (Phi) is 4.21. The fourth-order valence-electron chi connectivity index (χ4n) is 1.73. The Hall–Kier alpha value is -1.45. The standard InChI is InChI=1S/C13H15F3O/c1-4-9(3)11-7-6-8-12(10(11)5-2)17-13(14,15)16/h4,6-9H,1,5H2,2-3H3. The molecular formula is C13H15F3O. The van der Waals surface area contributed by atoms with Gasteiger partial charge in [-0.1, -0.05) is 32.1 Å². The molecule has 1 atom stereocenters. The van der Waals surface area contributed by atoms with Gasteiger partial charge in [0.2, 0.25) is 0 Å². The van der Waals surface area contributed by atoms with Gasteiger partial charge in [-0.25, -0.2) is 0 Å². The third-order valence-electron chi connectivity index (χ3n) is 2.59. The minimum Gasteiger partial charge on any atom is -0.405 e. The highest BCUT2D eigenvalue weighted by molar-refractivity contribution is 5.43. The Labute approximate surface area is 98.9 Å². The first-order valence-electron chi connectivity index (χ1n) is 5.39. The summed E-state index contributed by atoms with van der Waals surface area (Å²) in [6.07, 6.45) is -2.47. The van der Waals surface area contributed by atoms with E-state index in [1.54, 1.807) is 25.1 Å². The second kappa shape index (κ2) is 5.25. The molecule has 0 aromatic heterocycles. The van der Waals surface area contributed by atoms with Gasteiger partial charge in [0.15, 0.2) is 0 Å². The Morgan fingerprint density at radius 1 is 1.41 bits per heavy atom. The van der Waals surface area contributed by atoms with E-state index < -0.39 is 6.36 Å². The second-order valence-electron chi connectivity index (χ2n) is 3.75. The molecule has 0 saturated carbocycles. The monoisotopic (exact) mass is 244 g/mol. The smallest absolute Gasteiger partial charge is 0.405 e. The first-order valence-corrected chi connectivity index (χ1v) is 5.39. The third-order valence-corrected chi connectivity index (χ3v) is 2.59. The van der Waals surface area contributed by atoms with Crippen LogP contribution in [0.3, 0.4) is 0 Å². The fourth-order valence-corrected chi connectivity index (χ4v) is 1.73. The van der Waals surface area contributed by atoms with Crippen LogP contribution in [-0.2, 0) is 6.42 Å². The zero-order valence-electron chi connectivity index (χ0n) is 9.84. The summed E-state index contributed by atoms with van der Waals surface area (Å²) in [6, 6.07) is 4.70. The van der Waals surface area contributed by atoms with E-state index in [0.717, 1.165) is 5.56 Å². The van der Waals surface area contributed by atoms with E-state index in [1.807, 2.05) is 6.92 Å². The molecule has 0 aliphatic rings. The summed E-state index contributed by atoms with van der Waals surface area (Å²) >= 11 is 0. The molecule has 0 fully saturated rings. The van der Waals surface area contributed by atoms with Crippen LogP contribution in [0.1, 0.15) is 30.9 Å². The van der Waals surface area contributed by atoms with Gasteiger partial charge in [0.25, 0.3) is 0 Å². The van der Waals surface area contributed by atoms with Crippen molar-refractivity contribution in [2.75, 3.05) is 0 Å². The minimum absolute atomic E-state index is 0.00161. The Morgan fingerprint density at radius 2 is 2.06 bits per heavy atom. The molecule has 0 N–H and O–H groups in total. The summed E-state index contributed by atoms with van der Waals surface area (Å²) in [5.74, 6) is -0.118. The van der Waals surface area contributed by atoms with Gasteiger partial charge < -0.3 is 4.74 Å². The molecule has 1 unspecified atom stereocenters. The van der Waals surface area contributed by atoms with Gasteiger partial charge >= 0.3 is 6.36 Å². The van der Waals surface area contributed by atoms with E-state index >= 15 is 0 Å². The zero-order chi connectivity index (χ0) is 13.1. The maximum Gasteiger partial charge on any atom is 0.573 e.